The number of hydrogen-bond acceptors (Lipinski definition) is 3. The van der Waals surface area contributed by atoms with E-state index in [9.17, 15) is 9.59 Å². The Labute approximate surface area is 107 Å². The molecular formula is C13H21N3O2. The van der Waals surface area contributed by atoms with E-state index < -0.39 is 0 Å². The Hall–Kier alpha value is -1.10. The molecule has 0 aromatic rings. The fraction of sp³-hybridized carbons (Fsp3) is 0.846. The van der Waals surface area contributed by atoms with Crippen LogP contribution in [0.2, 0.25) is 0 Å². The van der Waals surface area contributed by atoms with E-state index in [1.165, 1.54) is 0 Å². The van der Waals surface area contributed by atoms with Gasteiger partial charge in [-0.25, -0.2) is 0 Å². The van der Waals surface area contributed by atoms with E-state index in [-0.39, 0.29) is 23.9 Å². The third-order valence-electron chi connectivity index (χ3n) is 4.12. The average molecular weight is 251 g/mol. The predicted molar refractivity (Wildman–Crippen MR) is 66.9 cm³/mol. The number of carbonyl (C=O) groups is 2. The van der Waals surface area contributed by atoms with Crippen molar-refractivity contribution in [2.24, 2.45) is 0 Å². The third-order valence-corrected chi connectivity index (χ3v) is 4.12. The summed E-state index contributed by atoms with van der Waals surface area (Å²) in [7, 11) is 0. The fourth-order valence-corrected chi connectivity index (χ4v) is 2.94. The van der Waals surface area contributed by atoms with Gasteiger partial charge < -0.3 is 15.5 Å². The topological polar surface area (TPSA) is 61.4 Å². The van der Waals surface area contributed by atoms with E-state index >= 15 is 0 Å². The van der Waals surface area contributed by atoms with Crippen LogP contribution in [0, 0.1) is 0 Å². The zero-order chi connectivity index (χ0) is 12.5. The standard InChI is InChI=1S/C13H21N3O2/c17-12-7-9(8-16(12)10-4-5-10)15-13(18)11-3-1-2-6-14-11/h9-11,14H,1-8H2,(H,15,18). The van der Waals surface area contributed by atoms with Crippen LogP contribution in [0.3, 0.4) is 0 Å². The summed E-state index contributed by atoms with van der Waals surface area (Å²) in [6.07, 6.45) is 5.94. The Morgan fingerprint density at radius 1 is 1.28 bits per heavy atom. The predicted octanol–water partition coefficient (Wildman–Crippen LogP) is 0.00800. The molecule has 0 spiro atoms. The van der Waals surface area contributed by atoms with E-state index in [1.54, 1.807) is 0 Å². The van der Waals surface area contributed by atoms with Gasteiger partial charge in [0.1, 0.15) is 0 Å². The number of nitrogens with zero attached hydrogens (tertiary/aromatic N) is 1. The number of amides is 2. The van der Waals surface area contributed by atoms with Gasteiger partial charge in [-0.3, -0.25) is 9.59 Å². The molecule has 0 radical (unpaired) electrons. The summed E-state index contributed by atoms with van der Waals surface area (Å²) in [4.78, 5) is 25.8. The first kappa shape index (κ1) is 12.0. The minimum absolute atomic E-state index is 0.0225. The van der Waals surface area contributed by atoms with Gasteiger partial charge in [0.15, 0.2) is 0 Å². The Bertz CT molecular complexity index is 348. The first-order chi connectivity index (χ1) is 8.74. The van der Waals surface area contributed by atoms with Gasteiger partial charge in [-0.15, -0.1) is 0 Å². The maximum absolute atomic E-state index is 12.0. The average Bonchev–Trinajstić information content (AvgIpc) is 3.15. The van der Waals surface area contributed by atoms with Gasteiger partial charge in [0.05, 0.1) is 12.1 Å². The Kier molecular flexibility index (Phi) is 3.24. The number of piperidine rings is 1. The maximum Gasteiger partial charge on any atom is 0.237 e. The lowest BCUT2D eigenvalue weighted by atomic mass is 10.0. The number of nitrogens with one attached hydrogen (secondary N) is 2. The molecule has 2 heterocycles. The Morgan fingerprint density at radius 3 is 2.78 bits per heavy atom. The van der Waals surface area contributed by atoms with E-state index in [2.05, 4.69) is 10.6 Å². The molecule has 2 amide bonds. The molecular weight excluding hydrogens is 230 g/mol. The molecule has 0 bridgehead atoms. The zero-order valence-corrected chi connectivity index (χ0v) is 10.7. The summed E-state index contributed by atoms with van der Waals surface area (Å²) in [5.41, 5.74) is 0. The van der Waals surface area contributed by atoms with Crippen molar-refractivity contribution in [3.05, 3.63) is 0 Å². The van der Waals surface area contributed by atoms with Crippen molar-refractivity contribution in [3.8, 4) is 0 Å². The molecule has 1 aliphatic carbocycles. The highest BCUT2D eigenvalue weighted by Gasteiger charge is 2.40. The van der Waals surface area contributed by atoms with Crippen LogP contribution in [-0.2, 0) is 9.59 Å². The minimum atomic E-state index is -0.0520. The molecule has 3 aliphatic rings. The molecule has 18 heavy (non-hydrogen) atoms. The van der Waals surface area contributed by atoms with E-state index in [1.807, 2.05) is 4.90 Å². The third kappa shape index (κ3) is 2.51. The molecule has 2 unspecified atom stereocenters. The molecule has 0 aromatic carbocycles. The van der Waals surface area contributed by atoms with Crippen molar-refractivity contribution in [1.29, 1.82) is 0 Å². The van der Waals surface area contributed by atoms with Crippen LogP contribution in [0.15, 0.2) is 0 Å². The Balaban J connectivity index is 1.50. The molecule has 3 fully saturated rings. The van der Waals surface area contributed by atoms with Crippen molar-refractivity contribution in [1.82, 2.24) is 15.5 Å². The van der Waals surface area contributed by atoms with Crippen molar-refractivity contribution >= 4 is 11.8 Å². The smallest absolute Gasteiger partial charge is 0.237 e. The summed E-state index contributed by atoms with van der Waals surface area (Å²) in [6, 6.07) is 0.436. The highest BCUT2D eigenvalue weighted by molar-refractivity contribution is 5.85. The van der Waals surface area contributed by atoms with E-state index in [0.29, 0.717) is 19.0 Å². The molecule has 2 atom stereocenters. The molecule has 2 saturated heterocycles. The molecule has 3 rings (SSSR count). The van der Waals surface area contributed by atoms with Gasteiger partial charge in [-0.1, -0.05) is 6.42 Å². The van der Waals surface area contributed by atoms with Crippen molar-refractivity contribution in [2.75, 3.05) is 13.1 Å². The summed E-state index contributed by atoms with van der Waals surface area (Å²) in [5, 5.41) is 6.27. The van der Waals surface area contributed by atoms with Gasteiger partial charge in [-0.05, 0) is 32.2 Å². The van der Waals surface area contributed by atoms with Gasteiger partial charge in [-0.2, -0.15) is 0 Å². The summed E-state index contributed by atoms with van der Waals surface area (Å²) < 4.78 is 0. The van der Waals surface area contributed by atoms with Crippen molar-refractivity contribution in [2.45, 2.75) is 56.7 Å². The second-order valence-corrected chi connectivity index (χ2v) is 5.69. The highest BCUT2D eigenvalue weighted by Crippen LogP contribution is 2.30. The van der Waals surface area contributed by atoms with E-state index in [4.69, 9.17) is 0 Å². The quantitative estimate of drug-likeness (QED) is 0.742. The molecule has 2 N–H and O–H groups in total. The van der Waals surface area contributed by atoms with Gasteiger partial charge in [0.25, 0.3) is 0 Å². The van der Waals surface area contributed by atoms with Crippen molar-refractivity contribution in [3.63, 3.8) is 0 Å². The summed E-state index contributed by atoms with van der Waals surface area (Å²) in [5.74, 6) is 0.282. The first-order valence-electron chi connectivity index (χ1n) is 7.07. The van der Waals surface area contributed by atoms with Crippen LogP contribution in [0.1, 0.15) is 38.5 Å². The molecule has 5 heteroatoms. The van der Waals surface area contributed by atoms with Crippen LogP contribution in [-0.4, -0.2) is 47.9 Å². The monoisotopic (exact) mass is 251 g/mol. The molecule has 1 saturated carbocycles. The van der Waals surface area contributed by atoms with Gasteiger partial charge >= 0.3 is 0 Å². The number of rotatable bonds is 3. The second-order valence-electron chi connectivity index (χ2n) is 5.69. The van der Waals surface area contributed by atoms with Crippen LogP contribution >= 0.6 is 0 Å². The molecule has 100 valence electrons. The van der Waals surface area contributed by atoms with Gasteiger partial charge in [0.2, 0.25) is 11.8 Å². The highest BCUT2D eigenvalue weighted by atomic mass is 16.2. The lowest BCUT2D eigenvalue weighted by Gasteiger charge is -2.24. The molecule has 5 nitrogen and oxygen atoms in total. The summed E-state index contributed by atoms with van der Waals surface area (Å²) >= 11 is 0. The number of hydrogen-bond donors (Lipinski definition) is 2. The first-order valence-corrected chi connectivity index (χ1v) is 7.07. The summed E-state index contributed by atoms with van der Waals surface area (Å²) in [6.45, 7) is 1.64. The van der Waals surface area contributed by atoms with E-state index in [0.717, 1.165) is 38.6 Å². The van der Waals surface area contributed by atoms with Crippen LogP contribution in [0.4, 0.5) is 0 Å². The Morgan fingerprint density at radius 2 is 2.11 bits per heavy atom. The SMILES string of the molecule is O=C(NC1CC(=O)N(C2CC2)C1)C1CCCCN1. The molecule has 2 aliphatic heterocycles. The maximum atomic E-state index is 12.0. The normalized spacial score (nSPS) is 32.7. The largest absolute Gasteiger partial charge is 0.350 e. The number of likely N-dealkylation sites (tertiary alicyclic amines) is 1. The molecule has 0 aromatic heterocycles. The van der Waals surface area contributed by atoms with Crippen molar-refractivity contribution < 1.29 is 9.59 Å². The van der Waals surface area contributed by atoms with Crippen LogP contribution in [0.5, 0.6) is 0 Å². The second kappa shape index (κ2) is 4.88. The minimum Gasteiger partial charge on any atom is -0.350 e. The zero-order valence-electron chi connectivity index (χ0n) is 10.7. The number of carbonyl (C=O) groups excluding carboxylic acids is 2. The lowest BCUT2D eigenvalue weighted by Crippen LogP contribution is -2.50. The van der Waals surface area contributed by atoms with Crippen LogP contribution < -0.4 is 10.6 Å². The lowest BCUT2D eigenvalue weighted by molar-refractivity contribution is -0.128. The fourth-order valence-electron chi connectivity index (χ4n) is 2.94. The van der Waals surface area contributed by atoms with Crippen LogP contribution in [0.25, 0.3) is 0 Å². The van der Waals surface area contributed by atoms with Gasteiger partial charge in [0, 0.05) is 19.0 Å².